The molecule has 96 valence electrons. The summed E-state index contributed by atoms with van der Waals surface area (Å²) < 4.78 is 7.68. The Morgan fingerprint density at radius 3 is 2.89 bits per heavy atom. The highest BCUT2D eigenvalue weighted by molar-refractivity contribution is 7.98. The molecule has 2 aromatic rings. The number of rotatable bonds is 5. The van der Waals surface area contributed by atoms with Gasteiger partial charge in [0.05, 0.1) is 12.4 Å². The number of aryl methyl sites for hydroxylation is 1. The molecule has 0 aliphatic heterocycles. The molecule has 1 aromatic heterocycles. The minimum Gasteiger partial charge on any atom is -0.454 e. The molecule has 2 rings (SSSR count). The number of nitrogens with two attached hydrogens (primary N) is 1. The normalized spacial score (nSPS) is 10.6. The Kier molecular flexibility index (Phi) is 4.28. The molecule has 0 radical (unpaired) electrons. The average molecular weight is 263 g/mol. The van der Waals surface area contributed by atoms with E-state index in [0.29, 0.717) is 6.54 Å². The summed E-state index contributed by atoms with van der Waals surface area (Å²) >= 11 is 1.67. The van der Waals surface area contributed by atoms with Crippen LogP contribution in [-0.4, -0.2) is 16.0 Å². The van der Waals surface area contributed by atoms with E-state index >= 15 is 0 Å². The first-order valence-electron chi connectivity index (χ1n) is 5.84. The van der Waals surface area contributed by atoms with E-state index in [-0.39, 0.29) is 0 Å². The summed E-state index contributed by atoms with van der Waals surface area (Å²) in [5, 5.41) is 4.18. The quantitative estimate of drug-likeness (QED) is 0.843. The molecule has 18 heavy (non-hydrogen) atoms. The highest BCUT2D eigenvalue weighted by atomic mass is 32.2. The van der Waals surface area contributed by atoms with Crippen LogP contribution in [-0.2, 0) is 13.1 Å². The zero-order chi connectivity index (χ0) is 13.0. The van der Waals surface area contributed by atoms with Crippen LogP contribution in [0.2, 0.25) is 0 Å². The molecule has 1 heterocycles. The molecule has 0 bridgehead atoms. The van der Waals surface area contributed by atoms with Crippen LogP contribution in [0.3, 0.4) is 0 Å². The van der Waals surface area contributed by atoms with Crippen molar-refractivity contribution in [1.29, 1.82) is 0 Å². The van der Waals surface area contributed by atoms with Crippen molar-refractivity contribution in [3.05, 3.63) is 36.2 Å². The summed E-state index contributed by atoms with van der Waals surface area (Å²) in [6.07, 6.45) is 5.63. The monoisotopic (exact) mass is 263 g/mol. The third kappa shape index (κ3) is 2.68. The van der Waals surface area contributed by atoms with E-state index in [9.17, 15) is 0 Å². The van der Waals surface area contributed by atoms with Crippen LogP contribution in [0.25, 0.3) is 0 Å². The zero-order valence-corrected chi connectivity index (χ0v) is 11.4. The first-order chi connectivity index (χ1) is 8.78. The molecule has 0 saturated carbocycles. The van der Waals surface area contributed by atoms with Crippen molar-refractivity contribution in [3.8, 4) is 11.5 Å². The number of hydrogen-bond donors (Lipinski definition) is 1. The van der Waals surface area contributed by atoms with Crippen molar-refractivity contribution in [3.63, 3.8) is 0 Å². The summed E-state index contributed by atoms with van der Waals surface area (Å²) in [6, 6.07) is 5.96. The van der Waals surface area contributed by atoms with Gasteiger partial charge < -0.3 is 10.5 Å². The Morgan fingerprint density at radius 2 is 2.28 bits per heavy atom. The van der Waals surface area contributed by atoms with E-state index in [1.54, 1.807) is 18.0 Å². The van der Waals surface area contributed by atoms with E-state index in [0.717, 1.165) is 28.5 Å². The first-order valence-corrected chi connectivity index (χ1v) is 7.07. The molecule has 0 unspecified atom stereocenters. The van der Waals surface area contributed by atoms with Crippen LogP contribution in [0.15, 0.2) is 35.5 Å². The molecule has 0 aliphatic rings. The topological polar surface area (TPSA) is 53.1 Å². The lowest BCUT2D eigenvalue weighted by Gasteiger charge is -2.11. The van der Waals surface area contributed by atoms with E-state index in [2.05, 4.69) is 11.2 Å². The maximum absolute atomic E-state index is 5.85. The van der Waals surface area contributed by atoms with E-state index in [1.807, 2.05) is 36.2 Å². The second-order valence-electron chi connectivity index (χ2n) is 3.77. The summed E-state index contributed by atoms with van der Waals surface area (Å²) in [6.45, 7) is 3.34. The summed E-state index contributed by atoms with van der Waals surface area (Å²) in [4.78, 5) is 1.15. The van der Waals surface area contributed by atoms with Crippen LogP contribution in [0, 0.1) is 0 Å². The van der Waals surface area contributed by atoms with Gasteiger partial charge in [0.2, 0.25) is 0 Å². The van der Waals surface area contributed by atoms with Crippen molar-refractivity contribution >= 4 is 11.8 Å². The van der Waals surface area contributed by atoms with Crippen LogP contribution in [0.5, 0.6) is 11.5 Å². The molecule has 0 spiro atoms. The van der Waals surface area contributed by atoms with Gasteiger partial charge in [0.15, 0.2) is 5.75 Å². The highest BCUT2D eigenvalue weighted by Gasteiger charge is 2.09. The Morgan fingerprint density at radius 1 is 1.44 bits per heavy atom. The third-order valence-electron chi connectivity index (χ3n) is 2.68. The van der Waals surface area contributed by atoms with Crippen LogP contribution in [0.4, 0.5) is 0 Å². The number of benzene rings is 1. The molecule has 0 fully saturated rings. The Labute approximate surface area is 111 Å². The molecule has 1 aromatic carbocycles. The Hall–Kier alpha value is -1.46. The van der Waals surface area contributed by atoms with E-state index in [4.69, 9.17) is 10.5 Å². The lowest BCUT2D eigenvalue weighted by atomic mass is 10.2. The Balaban J connectivity index is 2.28. The lowest BCUT2D eigenvalue weighted by molar-refractivity contribution is 0.473. The molecule has 0 saturated heterocycles. The smallest absolute Gasteiger partial charge is 0.165 e. The number of ether oxygens (including phenoxy) is 1. The minimum absolute atomic E-state index is 0.467. The Bertz CT molecular complexity index is 525. The van der Waals surface area contributed by atoms with Gasteiger partial charge in [0, 0.05) is 23.5 Å². The fourth-order valence-electron chi connectivity index (χ4n) is 1.73. The molecular formula is C13H17N3OS. The van der Waals surface area contributed by atoms with Crippen molar-refractivity contribution in [2.75, 3.05) is 6.26 Å². The van der Waals surface area contributed by atoms with Gasteiger partial charge in [-0.3, -0.25) is 4.68 Å². The largest absolute Gasteiger partial charge is 0.454 e. The molecule has 4 nitrogen and oxygen atoms in total. The predicted molar refractivity (Wildman–Crippen MR) is 74.1 cm³/mol. The van der Waals surface area contributed by atoms with Gasteiger partial charge in [-0.2, -0.15) is 5.10 Å². The standard InChI is InChI=1S/C13H17N3OS/c1-3-16-9-10(8-15-16)17-12-5-4-6-13(18-2)11(12)7-14/h4-6,8-9H,3,7,14H2,1-2H3. The van der Waals surface area contributed by atoms with Crippen LogP contribution >= 0.6 is 11.8 Å². The van der Waals surface area contributed by atoms with Crippen molar-refractivity contribution in [1.82, 2.24) is 9.78 Å². The number of thioether (sulfide) groups is 1. The van der Waals surface area contributed by atoms with Gasteiger partial charge in [-0.1, -0.05) is 6.07 Å². The molecule has 2 N–H and O–H groups in total. The van der Waals surface area contributed by atoms with E-state index < -0.39 is 0 Å². The van der Waals surface area contributed by atoms with E-state index in [1.165, 1.54) is 0 Å². The summed E-state index contributed by atoms with van der Waals surface area (Å²) in [5.41, 5.74) is 6.83. The van der Waals surface area contributed by atoms with Crippen LogP contribution in [0.1, 0.15) is 12.5 Å². The van der Waals surface area contributed by atoms with Gasteiger partial charge in [0.1, 0.15) is 5.75 Å². The molecule has 0 amide bonds. The summed E-state index contributed by atoms with van der Waals surface area (Å²) in [5.74, 6) is 1.55. The van der Waals surface area contributed by atoms with Gasteiger partial charge in [-0.25, -0.2) is 0 Å². The zero-order valence-electron chi connectivity index (χ0n) is 10.6. The molecule has 0 aliphatic carbocycles. The fraction of sp³-hybridized carbons (Fsp3) is 0.308. The van der Waals surface area contributed by atoms with Crippen LogP contribution < -0.4 is 10.5 Å². The third-order valence-corrected chi connectivity index (χ3v) is 3.50. The van der Waals surface area contributed by atoms with Crippen molar-refractivity contribution in [2.24, 2.45) is 5.73 Å². The first kappa shape index (κ1) is 13.0. The average Bonchev–Trinajstić information content (AvgIpc) is 2.86. The number of aromatic nitrogens is 2. The highest BCUT2D eigenvalue weighted by Crippen LogP contribution is 2.31. The SMILES string of the molecule is CCn1cc(Oc2cccc(SC)c2CN)cn1. The second-order valence-corrected chi connectivity index (χ2v) is 4.62. The van der Waals surface area contributed by atoms with Gasteiger partial charge in [-0.15, -0.1) is 11.8 Å². The maximum Gasteiger partial charge on any atom is 0.165 e. The second kappa shape index (κ2) is 5.93. The number of hydrogen-bond acceptors (Lipinski definition) is 4. The van der Waals surface area contributed by atoms with Gasteiger partial charge >= 0.3 is 0 Å². The van der Waals surface area contributed by atoms with Crippen molar-refractivity contribution in [2.45, 2.75) is 24.9 Å². The lowest BCUT2D eigenvalue weighted by Crippen LogP contribution is -2.01. The van der Waals surface area contributed by atoms with Gasteiger partial charge in [-0.05, 0) is 25.3 Å². The number of nitrogens with zero attached hydrogens (tertiary/aromatic N) is 2. The van der Waals surface area contributed by atoms with Gasteiger partial charge in [0.25, 0.3) is 0 Å². The maximum atomic E-state index is 5.85. The summed E-state index contributed by atoms with van der Waals surface area (Å²) in [7, 11) is 0. The fourth-order valence-corrected chi connectivity index (χ4v) is 2.38. The predicted octanol–water partition coefficient (Wildman–Crippen LogP) is 2.88. The molecule has 0 atom stereocenters. The van der Waals surface area contributed by atoms with Crippen molar-refractivity contribution < 1.29 is 4.74 Å². The molecule has 5 heteroatoms. The molecular weight excluding hydrogens is 246 g/mol. The minimum atomic E-state index is 0.467.